The molecule has 5 nitrogen and oxygen atoms in total. The lowest BCUT2D eigenvalue weighted by atomic mass is 10.1. The third-order valence-corrected chi connectivity index (χ3v) is 7.36. The fourth-order valence-corrected chi connectivity index (χ4v) is 5.13. The van der Waals surface area contributed by atoms with E-state index < -0.39 is 15.8 Å². The number of benzene rings is 2. The van der Waals surface area contributed by atoms with E-state index in [1.54, 1.807) is 24.3 Å². The lowest BCUT2D eigenvalue weighted by molar-refractivity contribution is -0.125. The van der Waals surface area contributed by atoms with E-state index in [0.29, 0.717) is 10.2 Å². The zero-order valence-electron chi connectivity index (χ0n) is 15.1. The highest BCUT2D eigenvalue weighted by atomic mass is 79.9. The highest BCUT2D eigenvalue weighted by molar-refractivity contribution is 9.10. The van der Waals surface area contributed by atoms with Gasteiger partial charge in [0.1, 0.15) is 5.82 Å². The quantitative estimate of drug-likeness (QED) is 0.615. The molecule has 0 aliphatic heterocycles. The number of fused-ring (bicyclic) bond motifs is 1. The van der Waals surface area contributed by atoms with Crippen molar-refractivity contribution in [2.24, 2.45) is 5.41 Å². The van der Waals surface area contributed by atoms with E-state index in [1.807, 2.05) is 6.92 Å². The summed E-state index contributed by atoms with van der Waals surface area (Å²) in [4.78, 5) is 12.4. The summed E-state index contributed by atoms with van der Waals surface area (Å²) in [6.07, 6.45) is 1.62. The van der Waals surface area contributed by atoms with E-state index in [9.17, 15) is 17.6 Å². The van der Waals surface area contributed by atoms with Gasteiger partial charge in [-0.05, 0) is 43.2 Å². The maximum absolute atomic E-state index is 14.5. The Labute approximate surface area is 170 Å². The molecule has 0 radical (unpaired) electrons. The van der Waals surface area contributed by atoms with Crippen molar-refractivity contribution < 1.29 is 17.6 Å². The van der Waals surface area contributed by atoms with Crippen molar-refractivity contribution in [3.8, 4) is 0 Å². The Morgan fingerprint density at radius 1 is 1.21 bits per heavy atom. The predicted octanol–water partition coefficient (Wildman–Crippen LogP) is 4.20. The molecule has 1 aromatic heterocycles. The van der Waals surface area contributed by atoms with Gasteiger partial charge in [0.15, 0.2) is 0 Å². The molecule has 0 atom stereocenters. The van der Waals surface area contributed by atoms with Crippen LogP contribution in [0, 0.1) is 11.2 Å². The smallest absolute Gasteiger partial charge is 0.268 e. The highest BCUT2D eigenvalue weighted by Crippen LogP contribution is 2.45. The minimum absolute atomic E-state index is 0.00771. The van der Waals surface area contributed by atoms with Crippen molar-refractivity contribution in [1.82, 2.24) is 9.29 Å². The lowest BCUT2D eigenvalue weighted by Gasteiger charge is -2.14. The van der Waals surface area contributed by atoms with E-state index in [0.717, 1.165) is 16.8 Å². The van der Waals surface area contributed by atoms with E-state index in [-0.39, 0.29) is 33.7 Å². The van der Waals surface area contributed by atoms with Crippen LogP contribution >= 0.6 is 15.9 Å². The summed E-state index contributed by atoms with van der Waals surface area (Å²) >= 11 is 3.23. The largest absolute Gasteiger partial charge is 0.350 e. The molecule has 1 fully saturated rings. The van der Waals surface area contributed by atoms with Crippen LogP contribution in [0.1, 0.15) is 25.5 Å². The first kappa shape index (κ1) is 19.1. The molecular formula is C20H18BrFN2O3S. The summed E-state index contributed by atoms with van der Waals surface area (Å²) < 4.78 is 42.7. The topological polar surface area (TPSA) is 68.2 Å². The highest BCUT2D eigenvalue weighted by Gasteiger charge is 2.44. The molecule has 3 aromatic rings. The fourth-order valence-electron chi connectivity index (χ4n) is 3.17. The monoisotopic (exact) mass is 464 g/mol. The molecule has 28 heavy (non-hydrogen) atoms. The molecular weight excluding hydrogens is 447 g/mol. The van der Waals surface area contributed by atoms with Gasteiger partial charge in [-0.1, -0.05) is 41.1 Å². The van der Waals surface area contributed by atoms with Gasteiger partial charge in [0.2, 0.25) is 5.91 Å². The molecule has 1 N–H and O–H groups in total. The number of carbonyl (C=O) groups is 1. The van der Waals surface area contributed by atoms with Crippen LogP contribution in [0.3, 0.4) is 0 Å². The summed E-state index contributed by atoms with van der Waals surface area (Å²) in [6.45, 7) is 1.86. The number of rotatable bonds is 5. The van der Waals surface area contributed by atoms with Gasteiger partial charge >= 0.3 is 0 Å². The Bertz CT molecular complexity index is 1190. The molecule has 1 aliphatic rings. The van der Waals surface area contributed by atoms with Crippen LogP contribution in [0.4, 0.5) is 4.39 Å². The van der Waals surface area contributed by atoms with Crippen LogP contribution < -0.4 is 5.32 Å². The van der Waals surface area contributed by atoms with Gasteiger partial charge in [-0.25, -0.2) is 16.8 Å². The molecule has 4 rings (SSSR count). The predicted molar refractivity (Wildman–Crippen MR) is 108 cm³/mol. The Kier molecular flexibility index (Phi) is 4.58. The molecule has 1 aliphatic carbocycles. The van der Waals surface area contributed by atoms with Crippen LogP contribution in [0.5, 0.6) is 0 Å². The maximum atomic E-state index is 14.5. The summed E-state index contributed by atoms with van der Waals surface area (Å²) in [5.41, 5.74) is 0.134. The fraction of sp³-hybridized carbons (Fsp3) is 0.250. The average Bonchev–Trinajstić information content (AvgIpc) is 3.29. The van der Waals surface area contributed by atoms with E-state index in [4.69, 9.17) is 0 Å². The van der Waals surface area contributed by atoms with Crippen LogP contribution in [-0.4, -0.2) is 18.3 Å². The van der Waals surface area contributed by atoms with Crippen LogP contribution in [0.25, 0.3) is 10.9 Å². The van der Waals surface area contributed by atoms with Gasteiger partial charge in [-0.2, -0.15) is 0 Å². The SMILES string of the molecule is CC1(C(=O)NCc2cc3c(F)cc(Br)cc3n2S(=O)(=O)c2ccccc2)CC1. The van der Waals surface area contributed by atoms with Crippen LogP contribution in [0.15, 0.2) is 57.9 Å². The average molecular weight is 465 g/mol. The molecule has 0 spiro atoms. The second kappa shape index (κ2) is 6.70. The van der Waals surface area contributed by atoms with Gasteiger partial charge in [0.05, 0.1) is 22.7 Å². The number of nitrogens with one attached hydrogen (secondary N) is 1. The van der Waals surface area contributed by atoms with Crippen molar-refractivity contribution in [1.29, 1.82) is 0 Å². The van der Waals surface area contributed by atoms with E-state index in [2.05, 4.69) is 21.2 Å². The second-order valence-corrected chi connectivity index (χ2v) is 9.98. The van der Waals surface area contributed by atoms with Crippen molar-refractivity contribution in [2.75, 3.05) is 0 Å². The zero-order chi connectivity index (χ0) is 20.1. The molecule has 8 heteroatoms. The van der Waals surface area contributed by atoms with Crippen LogP contribution in [-0.2, 0) is 21.4 Å². The minimum Gasteiger partial charge on any atom is -0.350 e. The third-order valence-electron chi connectivity index (χ3n) is 5.12. The summed E-state index contributed by atoms with van der Waals surface area (Å²) in [5.74, 6) is -0.656. The molecule has 2 aromatic carbocycles. The Morgan fingerprint density at radius 2 is 1.89 bits per heavy atom. The van der Waals surface area contributed by atoms with Crippen molar-refractivity contribution in [2.45, 2.75) is 31.2 Å². The normalized spacial score (nSPS) is 15.5. The van der Waals surface area contributed by atoms with Gasteiger partial charge < -0.3 is 5.32 Å². The zero-order valence-corrected chi connectivity index (χ0v) is 17.5. The minimum atomic E-state index is -3.98. The van der Waals surface area contributed by atoms with Gasteiger partial charge in [0.25, 0.3) is 10.0 Å². The summed E-state index contributed by atoms with van der Waals surface area (Å²) in [7, 11) is -3.98. The van der Waals surface area contributed by atoms with Gasteiger partial charge in [-0.3, -0.25) is 4.79 Å². The standard InChI is InChI=1S/C20H18BrFN2O3S/c1-20(7-8-20)19(25)23-12-14-11-16-17(22)9-13(21)10-18(16)24(14)28(26,27)15-5-3-2-4-6-15/h2-6,9-11H,7-8,12H2,1H3,(H,23,25). The number of carbonyl (C=O) groups excluding carboxylic acids is 1. The maximum Gasteiger partial charge on any atom is 0.268 e. The summed E-state index contributed by atoms with van der Waals surface area (Å²) in [5, 5.41) is 2.99. The molecule has 146 valence electrons. The molecule has 1 saturated carbocycles. The van der Waals surface area contributed by atoms with E-state index >= 15 is 0 Å². The van der Waals surface area contributed by atoms with Gasteiger partial charge in [0, 0.05) is 15.3 Å². The Balaban J connectivity index is 1.86. The Hall–Kier alpha value is -2.19. The van der Waals surface area contributed by atoms with Crippen molar-refractivity contribution >= 4 is 42.8 Å². The number of hydrogen-bond donors (Lipinski definition) is 1. The van der Waals surface area contributed by atoms with Crippen LogP contribution in [0.2, 0.25) is 0 Å². The molecule has 0 bridgehead atoms. The number of halogens is 2. The first-order chi connectivity index (χ1) is 13.2. The second-order valence-electron chi connectivity index (χ2n) is 7.28. The number of amides is 1. The molecule has 1 heterocycles. The van der Waals surface area contributed by atoms with Gasteiger partial charge in [-0.15, -0.1) is 0 Å². The van der Waals surface area contributed by atoms with Crippen molar-refractivity contribution in [3.05, 3.63) is 64.5 Å². The third kappa shape index (κ3) is 3.24. The van der Waals surface area contributed by atoms with E-state index in [1.165, 1.54) is 24.3 Å². The first-order valence-corrected chi connectivity index (χ1v) is 11.0. The number of hydrogen-bond acceptors (Lipinski definition) is 3. The number of nitrogens with zero attached hydrogens (tertiary/aromatic N) is 1. The Morgan fingerprint density at radius 3 is 2.54 bits per heavy atom. The lowest BCUT2D eigenvalue weighted by Crippen LogP contribution is -2.31. The molecule has 0 unspecified atom stereocenters. The molecule has 1 amide bonds. The molecule has 0 saturated heterocycles. The first-order valence-electron chi connectivity index (χ1n) is 8.81. The number of aromatic nitrogens is 1. The summed E-state index contributed by atoms with van der Waals surface area (Å²) in [6, 6.07) is 12.3. The van der Waals surface area contributed by atoms with Crippen molar-refractivity contribution in [3.63, 3.8) is 0 Å².